The van der Waals surface area contributed by atoms with Gasteiger partial charge in [-0.3, -0.25) is 14.8 Å². The standard InChI is InChI=1S/C23H25N7O.2C2HF3O2/c1-28-11-12-29(15-19-5-3-4-10-24-19)16-21(28)23-20-8-6-18(14-30(20)27-26-23)17-7-9-22(31-2)25-13-17;2*3-2(4,5)1(6)7/h3-10,13-14,21H,11-12,15-16H2,1-2H3;2*(H,6,7). The van der Waals surface area contributed by atoms with Crippen LogP contribution in [0.3, 0.4) is 0 Å². The lowest BCUT2D eigenvalue weighted by Gasteiger charge is -2.38. The Hall–Kier alpha value is -4.84. The Morgan fingerprint density at radius 1 is 0.933 bits per heavy atom. The van der Waals surface area contributed by atoms with Crippen LogP contribution in [0.4, 0.5) is 26.3 Å². The smallest absolute Gasteiger partial charge is 0.481 e. The lowest BCUT2D eigenvalue weighted by molar-refractivity contribution is -0.193. The average molecular weight is 644 g/mol. The SMILES string of the molecule is COc1ccc(-c2ccc3c(C4CN(Cc5ccccn5)CCN4C)nnn3c2)cn1.O=C(O)C(F)(F)F.O=C(O)C(F)(F)F. The summed E-state index contributed by atoms with van der Waals surface area (Å²) in [6.45, 7) is 3.73. The van der Waals surface area contributed by atoms with Crippen LogP contribution in [0.5, 0.6) is 5.88 Å². The molecule has 4 aromatic heterocycles. The number of alkyl halides is 6. The fraction of sp³-hybridized carbons (Fsp3) is 0.333. The van der Waals surface area contributed by atoms with E-state index in [1.54, 1.807) is 7.11 Å². The molecule has 242 valence electrons. The van der Waals surface area contributed by atoms with Gasteiger partial charge in [-0.2, -0.15) is 26.3 Å². The third kappa shape index (κ3) is 9.83. The van der Waals surface area contributed by atoms with E-state index in [0.29, 0.717) is 5.88 Å². The first-order chi connectivity index (χ1) is 21.1. The van der Waals surface area contributed by atoms with E-state index < -0.39 is 24.3 Å². The van der Waals surface area contributed by atoms with Gasteiger partial charge in [0.15, 0.2) is 0 Å². The highest BCUT2D eigenvalue weighted by Gasteiger charge is 2.39. The van der Waals surface area contributed by atoms with Crippen molar-refractivity contribution in [3.8, 4) is 17.0 Å². The van der Waals surface area contributed by atoms with Crippen LogP contribution >= 0.6 is 0 Å². The number of hydrogen-bond acceptors (Lipinski definition) is 9. The fourth-order valence-electron chi connectivity index (χ4n) is 4.08. The van der Waals surface area contributed by atoms with Crippen molar-refractivity contribution in [2.45, 2.75) is 24.9 Å². The van der Waals surface area contributed by atoms with Crippen LogP contribution in [0, 0.1) is 0 Å². The molecule has 1 aliphatic rings. The number of nitrogens with zero attached hydrogens (tertiary/aromatic N) is 7. The molecule has 1 aliphatic heterocycles. The van der Waals surface area contributed by atoms with Gasteiger partial charge in [0.25, 0.3) is 0 Å². The first kappa shape index (κ1) is 34.6. The lowest BCUT2D eigenvalue weighted by Crippen LogP contribution is -2.46. The first-order valence-corrected chi connectivity index (χ1v) is 12.9. The number of methoxy groups -OCH3 is 1. The van der Waals surface area contributed by atoms with Crippen molar-refractivity contribution in [1.82, 2.24) is 34.6 Å². The molecule has 12 nitrogen and oxygen atoms in total. The van der Waals surface area contributed by atoms with Crippen LogP contribution in [0.15, 0.2) is 61.1 Å². The monoisotopic (exact) mass is 643 g/mol. The van der Waals surface area contributed by atoms with Gasteiger partial charge in [-0.15, -0.1) is 5.10 Å². The highest BCUT2D eigenvalue weighted by Crippen LogP contribution is 2.28. The van der Waals surface area contributed by atoms with Crippen molar-refractivity contribution in [3.63, 3.8) is 0 Å². The van der Waals surface area contributed by atoms with Crippen LogP contribution in [-0.2, 0) is 16.1 Å². The molecule has 2 N–H and O–H groups in total. The molecular formula is C27H27F6N7O5. The molecule has 18 heteroatoms. The maximum absolute atomic E-state index is 10.6. The number of hydrogen-bond donors (Lipinski definition) is 2. The Balaban J connectivity index is 0.000000331. The minimum atomic E-state index is -5.08. The van der Waals surface area contributed by atoms with Crippen molar-refractivity contribution in [1.29, 1.82) is 0 Å². The molecule has 5 rings (SSSR count). The number of carboxylic acid groups (broad SMARTS) is 2. The summed E-state index contributed by atoms with van der Waals surface area (Å²) in [5.41, 5.74) is 5.18. The molecular weight excluding hydrogens is 616 g/mol. The number of ether oxygens (including phenoxy) is 1. The zero-order chi connectivity index (χ0) is 33.4. The Morgan fingerprint density at radius 2 is 1.58 bits per heavy atom. The minimum Gasteiger partial charge on any atom is -0.481 e. The molecule has 5 heterocycles. The van der Waals surface area contributed by atoms with Crippen LogP contribution < -0.4 is 4.74 Å². The van der Waals surface area contributed by atoms with Crippen molar-refractivity contribution >= 4 is 17.5 Å². The predicted molar refractivity (Wildman–Crippen MR) is 145 cm³/mol. The average Bonchev–Trinajstić information content (AvgIpc) is 3.41. The minimum absolute atomic E-state index is 0.184. The zero-order valence-corrected chi connectivity index (χ0v) is 23.7. The topological polar surface area (TPSA) is 146 Å². The second kappa shape index (κ2) is 14.8. The summed E-state index contributed by atoms with van der Waals surface area (Å²) in [6, 6.07) is 14.3. The molecule has 45 heavy (non-hydrogen) atoms. The number of pyridine rings is 3. The highest BCUT2D eigenvalue weighted by molar-refractivity contribution is 5.73. The molecule has 0 amide bonds. The largest absolute Gasteiger partial charge is 0.490 e. The number of rotatable bonds is 5. The highest BCUT2D eigenvalue weighted by atomic mass is 19.4. The normalized spacial score (nSPS) is 15.8. The van der Waals surface area contributed by atoms with Crippen molar-refractivity contribution in [2.24, 2.45) is 0 Å². The fourth-order valence-corrected chi connectivity index (χ4v) is 4.08. The van der Waals surface area contributed by atoms with Crippen molar-refractivity contribution in [3.05, 3.63) is 72.4 Å². The molecule has 0 bridgehead atoms. The summed E-state index contributed by atoms with van der Waals surface area (Å²) in [5.74, 6) is -4.91. The van der Waals surface area contributed by atoms with E-state index in [1.165, 1.54) is 0 Å². The molecule has 0 aliphatic carbocycles. The van der Waals surface area contributed by atoms with E-state index >= 15 is 0 Å². The van der Waals surface area contributed by atoms with Gasteiger partial charge in [0, 0.05) is 62.0 Å². The number of carbonyl (C=O) groups is 2. The first-order valence-electron chi connectivity index (χ1n) is 12.9. The van der Waals surface area contributed by atoms with E-state index in [9.17, 15) is 26.3 Å². The maximum atomic E-state index is 10.6. The van der Waals surface area contributed by atoms with Crippen LogP contribution in [0.1, 0.15) is 17.4 Å². The van der Waals surface area contributed by atoms with Gasteiger partial charge in [0.05, 0.1) is 24.4 Å². The number of aromatic nitrogens is 5. The van der Waals surface area contributed by atoms with Gasteiger partial charge in [0.2, 0.25) is 5.88 Å². The van der Waals surface area contributed by atoms with E-state index in [2.05, 4.69) is 55.3 Å². The van der Waals surface area contributed by atoms with Gasteiger partial charge in [-0.05, 0) is 31.3 Å². The van der Waals surface area contributed by atoms with E-state index in [4.69, 9.17) is 24.5 Å². The molecule has 0 saturated carbocycles. The van der Waals surface area contributed by atoms with E-state index in [1.807, 2.05) is 47.4 Å². The van der Waals surface area contributed by atoms with Gasteiger partial charge >= 0.3 is 24.3 Å². The van der Waals surface area contributed by atoms with Gasteiger partial charge in [-0.25, -0.2) is 19.1 Å². The molecule has 0 radical (unpaired) electrons. The Morgan fingerprint density at radius 3 is 2.11 bits per heavy atom. The summed E-state index contributed by atoms with van der Waals surface area (Å²) in [7, 11) is 3.77. The van der Waals surface area contributed by atoms with Crippen molar-refractivity contribution < 1.29 is 50.9 Å². The number of piperazine rings is 1. The molecule has 1 fully saturated rings. The second-order valence-electron chi connectivity index (χ2n) is 9.47. The van der Waals surface area contributed by atoms with Crippen molar-refractivity contribution in [2.75, 3.05) is 33.8 Å². The molecule has 1 atom stereocenters. The lowest BCUT2D eigenvalue weighted by atomic mass is 10.1. The Bertz CT molecular complexity index is 1540. The molecule has 4 aromatic rings. The van der Waals surface area contributed by atoms with Gasteiger partial charge in [-0.1, -0.05) is 17.3 Å². The van der Waals surface area contributed by atoms with E-state index in [0.717, 1.165) is 54.2 Å². The molecule has 1 unspecified atom stereocenters. The number of halogens is 6. The molecule has 0 aromatic carbocycles. The van der Waals surface area contributed by atoms with Crippen LogP contribution in [0.25, 0.3) is 16.6 Å². The third-order valence-corrected chi connectivity index (χ3v) is 6.36. The number of likely N-dealkylation sites (N-methyl/N-ethyl adjacent to an activating group) is 1. The summed E-state index contributed by atoms with van der Waals surface area (Å²) in [4.78, 5) is 31.4. The number of fused-ring (bicyclic) bond motifs is 1. The van der Waals surface area contributed by atoms with Gasteiger partial charge in [0.1, 0.15) is 5.69 Å². The maximum Gasteiger partial charge on any atom is 0.490 e. The number of aliphatic carboxylic acids is 2. The third-order valence-electron chi connectivity index (χ3n) is 6.36. The zero-order valence-electron chi connectivity index (χ0n) is 23.7. The number of carboxylic acids is 2. The Labute approximate surface area is 251 Å². The summed E-state index contributed by atoms with van der Waals surface area (Å²) >= 11 is 0. The predicted octanol–water partition coefficient (Wildman–Crippen LogP) is 3.95. The summed E-state index contributed by atoms with van der Waals surface area (Å²) in [5, 5.41) is 23.2. The molecule has 1 saturated heterocycles. The Kier molecular flexibility index (Phi) is 11.4. The van der Waals surface area contributed by atoms with Crippen LogP contribution in [0.2, 0.25) is 0 Å². The molecule has 0 spiro atoms. The van der Waals surface area contributed by atoms with E-state index in [-0.39, 0.29) is 6.04 Å². The summed E-state index contributed by atoms with van der Waals surface area (Å²) in [6.07, 6.45) is -4.50. The quantitative estimate of drug-likeness (QED) is 0.305. The summed E-state index contributed by atoms with van der Waals surface area (Å²) < 4.78 is 70.5. The van der Waals surface area contributed by atoms with Gasteiger partial charge < -0.3 is 14.9 Å². The second-order valence-corrected chi connectivity index (χ2v) is 9.47. The van der Waals surface area contributed by atoms with Crippen LogP contribution in [-0.4, -0.2) is 103 Å².